The van der Waals surface area contributed by atoms with E-state index in [0.717, 1.165) is 12.7 Å². The van der Waals surface area contributed by atoms with Crippen molar-refractivity contribution in [1.29, 1.82) is 0 Å². The summed E-state index contributed by atoms with van der Waals surface area (Å²) in [6.45, 7) is 0.582. The summed E-state index contributed by atoms with van der Waals surface area (Å²) in [6, 6.07) is 12.5. The first-order chi connectivity index (χ1) is 12.8. The summed E-state index contributed by atoms with van der Waals surface area (Å²) < 4.78 is 28.3. The van der Waals surface area contributed by atoms with Gasteiger partial charge in [0.25, 0.3) is 11.8 Å². The summed E-state index contributed by atoms with van der Waals surface area (Å²) in [6.07, 6.45) is 2.22. The Balaban J connectivity index is 1.67. The average Bonchev–Trinajstić information content (AvgIpc) is 3.16. The monoisotopic (exact) mass is 388 g/mol. The molecule has 142 valence electrons. The van der Waals surface area contributed by atoms with E-state index in [1.54, 1.807) is 24.3 Å². The maximum absolute atomic E-state index is 12.4. The molecule has 2 aromatic carbocycles. The van der Waals surface area contributed by atoms with Crippen molar-refractivity contribution >= 4 is 33.0 Å². The van der Waals surface area contributed by atoms with Crippen LogP contribution in [-0.2, 0) is 19.4 Å². The van der Waals surface area contributed by atoms with E-state index in [2.05, 4.69) is 10.6 Å². The van der Waals surface area contributed by atoms with Gasteiger partial charge in [-0.05, 0) is 55.3 Å². The minimum atomic E-state index is -3.29. The van der Waals surface area contributed by atoms with Gasteiger partial charge in [0.15, 0.2) is 9.84 Å². The third kappa shape index (κ3) is 4.93. The van der Waals surface area contributed by atoms with Crippen molar-refractivity contribution in [3.63, 3.8) is 0 Å². The quantitative estimate of drug-likeness (QED) is 0.819. The molecule has 7 nitrogen and oxygen atoms in total. The van der Waals surface area contributed by atoms with Gasteiger partial charge in [0, 0.05) is 29.8 Å². The molecular formula is C19H20N2O5S. The second-order valence-electron chi connectivity index (χ2n) is 6.32. The summed E-state index contributed by atoms with van der Waals surface area (Å²) in [4.78, 5) is 24.7. The number of carbonyl (C=O) groups excluding carboxylic acids is 2. The van der Waals surface area contributed by atoms with Gasteiger partial charge in [-0.2, -0.15) is 0 Å². The van der Waals surface area contributed by atoms with Crippen molar-refractivity contribution in [2.75, 3.05) is 23.5 Å². The molecule has 2 N–H and O–H groups in total. The molecule has 0 radical (unpaired) electrons. The lowest BCUT2D eigenvalue weighted by molar-refractivity contribution is -0.124. The number of hydrogen-bond donors (Lipinski definition) is 2. The molecule has 1 aliphatic heterocycles. The van der Waals surface area contributed by atoms with Crippen LogP contribution in [0.5, 0.6) is 0 Å². The number of amides is 2. The first-order valence-corrected chi connectivity index (χ1v) is 10.4. The largest absolute Gasteiger partial charge is 0.368 e. The lowest BCUT2D eigenvalue weighted by Crippen LogP contribution is -2.27. The molecule has 0 saturated carbocycles. The predicted octanol–water partition coefficient (Wildman–Crippen LogP) is 2.46. The predicted molar refractivity (Wildman–Crippen MR) is 102 cm³/mol. The van der Waals surface area contributed by atoms with Gasteiger partial charge in [-0.25, -0.2) is 8.42 Å². The molecule has 2 amide bonds. The fraction of sp³-hybridized carbons (Fsp3) is 0.263. The van der Waals surface area contributed by atoms with E-state index >= 15 is 0 Å². The molecule has 3 rings (SSSR count). The Hall–Kier alpha value is -2.71. The van der Waals surface area contributed by atoms with Crippen LogP contribution >= 0.6 is 0 Å². The van der Waals surface area contributed by atoms with E-state index in [1.165, 1.54) is 24.3 Å². The number of sulfone groups is 1. The third-order valence-corrected chi connectivity index (χ3v) is 5.28. The molecule has 1 atom stereocenters. The Bertz CT molecular complexity index is 948. The molecule has 0 aliphatic carbocycles. The SMILES string of the molecule is CS(=O)(=O)c1ccc(NC(=O)c2cccc(NC(=O)C3CCCO3)c2)cc1. The van der Waals surface area contributed by atoms with Gasteiger partial charge in [-0.3, -0.25) is 9.59 Å². The van der Waals surface area contributed by atoms with Crippen LogP contribution in [0.15, 0.2) is 53.4 Å². The fourth-order valence-corrected chi connectivity index (χ4v) is 3.36. The summed E-state index contributed by atoms with van der Waals surface area (Å²) in [5, 5.41) is 5.46. The Kier molecular flexibility index (Phi) is 5.57. The van der Waals surface area contributed by atoms with Crippen molar-refractivity contribution in [2.45, 2.75) is 23.8 Å². The van der Waals surface area contributed by atoms with Gasteiger partial charge in [-0.1, -0.05) is 6.07 Å². The lowest BCUT2D eigenvalue weighted by Gasteiger charge is -2.11. The van der Waals surface area contributed by atoms with Crippen LogP contribution in [0.3, 0.4) is 0 Å². The zero-order chi connectivity index (χ0) is 19.4. The lowest BCUT2D eigenvalue weighted by atomic mass is 10.1. The van der Waals surface area contributed by atoms with E-state index in [0.29, 0.717) is 30.0 Å². The maximum Gasteiger partial charge on any atom is 0.255 e. The number of nitrogens with one attached hydrogen (secondary N) is 2. The second-order valence-corrected chi connectivity index (χ2v) is 8.34. The van der Waals surface area contributed by atoms with Gasteiger partial charge >= 0.3 is 0 Å². The standard InChI is InChI=1S/C19H20N2O5S/c1-27(24,25)16-9-7-14(8-10-16)20-18(22)13-4-2-5-15(12-13)21-19(23)17-6-3-11-26-17/h2,4-5,7-10,12,17H,3,6,11H2,1H3,(H,20,22)(H,21,23). The first kappa shape index (κ1) is 19.1. The molecule has 1 saturated heterocycles. The van der Waals surface area contributed by atoms with Gasteiger partial charge < -0.3 is 15.4 Å². The molecule has 0 aromatic heterocycles. The van der Waals surface area contributed by atoms with Crippen LogP contribution in [0.2, 0.25) is 0 Å². The number of rotatable bonds is 5. The van der Waals surface area contributed by atoms with Crippen LogP contribution in [0.25, 0.3) is 0 Å². The Morgan fingerprint density at radius 1 is 1.04 bits per heavy atom. The van der Waals surface area contributed by atoms with Crippen molar-refractivity contribution in [3.8, 4) is 0 Å². The van der Waals surface area contributed by atoms with E-state index in [-0.39, 0.29) is 16.7 Å². The highest BCUT2D eigenvalue weighted by Crippen LogP contribution is 2.18. The highest BCUT2D eigenvalue weighted by Gasteiger charge is 2.23. The Labute approximate surface area is 157 Å². The third-order valence-electron chi connectivity index (χ3n) is 4.15. The van der Waals surface area contributed by atoms with E-state index in [4.69, 9.17) is 4.74 Å². The number of ether oxygens (including phenoxy) is 1. The molecule has 1 unspecified atom stereocenters. The number of hydrogen-bond acceptors (Lipinski definition) is 5. The summed E-state index contributed by atoms with van der Waals surface area (Å²) in [5.41, 5.74) is 1.35. The Morgan fingerprint density at radius 3 is 2.41 bits per heavy atom. The van der Waals surface area contributed by atoms with Crippen LogP contribution < -0.4 is 10.6 Å². The van der Waals surface area contributed by atoms with E-state index < -0.39 is 15.9 Å². The molecule has 27 heavy (non-hydrogen) atoms. The second kappa shape index (κ2) is 7.89. The molecule has 1 aliphatic rings. The topological polar surface area (TPSA) is 102 Å². The highest BCUT2D eigenvalue weighted by molar-refractivity contribution is 7.90. The zero-order valence-electron chi connectivity index (χ0n) is 14.8. The number of benzene rings is 2. The number of anilines is 2. The maximum atomic E-state index is 12.4. The van der Waals surface area contributed by atoms with Gasteiger partial charge in [0.05, 0.1) is 4.90 Å². The average molecular weight is 388 g/mol. The van der Waals surface area contributed by atoms with Crippen LogP contribution in [0.1, 0.15) is 23.2 Å². The molecular weight excluding hydrogens is 368 g/mol. The van der Waals surface area contributed by atoms with Crippen LogP contribution in [0.4, 0.5) is 11.4 Å². The minimum Gasteiger partial charge on any atom is -0.368 e. The molecule has 1 heterocycles. The molecule has 1 fully saturated rings. The van der Waals surface area contributed by atoms with Crippen molar-refractivity contribution in [2.24, 2.45) is 0 Å². The molecule has 8 heteroatoms. The van der Waals surface area contributed by atoms with E-state index in [9.17, 15) is 18.0 Å². The first-order valence-electron chi connectivity index (χ1n) is 8.47. The summed E-state index contributed by atoms with van der Waals surface area (Å²) in [5.74, 6) is -0.586. The van der Waals surface area contributed by atoms with Crippen molar-refractivity contribution in [1.82, 2.24) is 0 Å². The number of carbonyl (C=O) groups is 2. The van der Waals surface area contributed by atoms with Crippen molar-refractivity contribution < 1.29 is 22.7 Å². The minimum absolute atomic E-state index is 0.180. The molecule has 2 aromatic rings. The fourth-order valence-electron chi connectivity index (χ4n) is 2.73. The van der Waals surface area contributed by atoms with Crippen LogP contribution in [0, 0.1) is 0 Å². The highest BCUT2D eigenvalue weighted by atomic mass is 32.2. The zero-order valence-corrected chi connectivity index (χ0v) is 15.6. The van der Waals surface area contributed by atoms with Crippen molar-refractivity contribution in [3.05, 3.63) is 54.1 Å². The molecule has 0 bridgehead atoms. The molecule has 0 spiro atoms. The van der Waals surface area contributed by atoms with Crippen LogP contribution in [-0.4, -0.2) is 39.2 Å². The van der Waals surface area contributed by atoms with E-state index in [1.807, 2.05) is 0 Å². The van der Waals surface area contributed by atoms with Gasteiger partial charge in [0.2, 0.25) is 0 Å². The van der Waals surface area contributed by atoms with Gasteiger partial charge in [-0.15, -0.1) is 0 Å². The Morgan fingerprint density at radius 2 is 1.78 bits per heavy atom. The summed E-state index contributed by atoms with van der Waals surface area (Å²) >= 11 is 0. The smallest absolute Gasteiger partial charge is 0.255 e. The van der Waals surface area contributed by atoms with Gasteiger partial charge in [0.1, 0.15) is 6.10 Å². The normalized spacial score (nSPS) is 16.7. The summed E-state index contributed by atoms with van der Waals surface area (Å²) in [7, 11) is -3.29.